The summed E-state index contributed by atoms with van der Waals surface area (Å²) in [6, 6.07) is 12.6. The number of carbonyl (C=O) groups excluding carboxylic acids is 1. The number of carbonyl (C=O) groups is 1. The van der Waals surface area contributed by atoms with Crippen LogP contribution in [-0.4, -0.2) is 45.4 Å². The fourth-order valence-electron chi connectivity index (χ4n) is 2.81. The van der Waals surface area contributed by atoms with Crippen molar-refractivity contribution in [2.24, 2.45) is 0 Å². The molecule has 1 heterocycles. The highest BCUT2D eigenvalue weighted by atomic mass is 35.5. The number of benzene rings is 2. The second kappa shape index (κ2) is 9.41. The zero-order valence-electron chi connectivity index (χ0n) is 14.5. The van der Waals surface area contributed by atoms with Gasteiger partial charge in [-0.15, -0.1) is 12.4 Å². The van der Waals surface area contributed by atoms with Crippen molar-refractivity contribution in [2.75, 3.05) is 30.9 Å². The molecule has 1 aliphatic rings. The van der Waals surface area contributed by atoms with Crippen molar-refractivity contribution in [1.82, 2.24) is 10.2 Å². The van der Waals surface area contributed by atoms with Crippen LogP contribution in [0.15, 0.2) is 53.4 Å². The Morgan fingerprint density at radius 3 is 2.56 bits per heavy atom. The molecule has 0 unspecified atom stereocenters. The molecule has 0 radical (unpaired) electrons. The summed E-state index contributed by atoms with van der Waals surface area (Å²) in [7, 11) is -3.82. The van der Waals surface area contributed by atoms with E-state index in [0.29, 0.717) is 24.7 Å². The zero-order chi connectivity index (χ0) is 18.6. The van der Waals surface area contributed by atoms with Crippen LogP contribution in [0, 0.1) is 0 Å². The topological polar surface area (TPSA) is 78.5 Å². The van der Waals surface area contributed by atoms with Gasteiger partial charge in [0.15, 0.2) is 0 Å². The minimum Gasteiger partial charge on any atom is -0.337 e. The molecule has 0 bridgehead atoms. The second-order valence-electron chi connectivity index (χ2n) is 6.00. The van der Waals surface area contributed by atoms with Gasteiger partial charge in [0, 0.05) is 24.7 Å². The molecule has 27 heavy (non-hydrogen) atoms. The molecule has 3 rings (SSSR count). The van der Waals surface area contributed by atoms with Crippen molar-refractivity contribution in [3.8, 4) is 0 Å². The smallest absolute Gasteiger partial charge is 0.261 e. The molecule has 0 aliphatic carbocycles. The Balaban J connectivity index is 0.00000261. The van der Waals surface area contributed by atoms with Gasteiger partial charge in [-0.2, -0.15) is 0 Å². The lowest BCUT2D eigenvalue weighted by atomic mass is 10.1. The Morgan fingerprint density at radius 2 is 1.81 bits per heavy atom. The molecule has 2 aromatic rings. The van der Waals surface area contributed by atoms with Crippen LogP contribution in [0.25, 0.3) is 0 Å². The van der Waals surface area contributed by atoms with E-state index in [2.05, 4.69) is 10.0 Å². The van der Waals surface area contributed by atoms with Gasteiger partial charge in [-0.3, -0.25) is 9.52 Å². The Morgan fingerprint density at radius 1 is 1.07 bits per heavy atom. The Kier molecular flexibility index (Phi) is 7.49. The van der Waals surface area contributed by atoms with Crippen molar-refractivity contribution in [3.05, 3.63) is 59.1 Å². The van der Waals surface area contributed by atoms with Crippen molar-refractivity contribution < 1.29 is 13.2 Å². The normalized spacial score (nSPS) is 14.8. The molecule has 0 spiro atoms. The average Bonchev–Trinajstić information content (AvgIpc) is 2.91. The molecule has 0 aromatic heterocycles. The highest BCUT2D eigenvalue weighted by Gasteiger charge is 2.23. The van der Waals surface area contributed by atoms with Crippen molar-refractivity contribution >= 4 is 45.6 Å². The monoisotopic (exact) mass is 429 g/mol. The predicted molar refractivity (Wildman–Crippen MR) is 109 cm³/mol. The van der Waals surface area contributed by atoms with Crippen molar-refractivity contribution in [2.45, 2.75) is 11.3 Å². The number of nitrogens with zero attached hydrogens (tertiary/aromatic N) is 1. The molecule has 1 saturated heterocycles. The lowest BCUT2D eigenvalue weighted by Gasteiger charge is -2.22. The molecule has 9 heteroatoms. The van der Waals surface area contributed by atoms with Crippen LogP contribution in [0.2, 0.25) is 5.02 Å². The first-order valence-corrected chi connectivity index (χ1v) is 10.2. The number of halogens is 2. The first-order chi connectivity index (χ1) is 12.5. The maximum atomic E-state index is 12.9. The third-order valence-corrected chi connectivity index (χ3v) is 5.75. The van der Waals surface area contributed by atoms with E-state index in [9.17, 15) is 13.2 Å². The van der Waals surface area contributed by atoms with E-state index in [1.54, 1.807) is 35.2 Å². The van der Waals surface area contributed by atoms with Crippen LogP contribution in [-0.2, 0) is 10.0 Å². The summed E-state index contributed by atoms with van der Waals surface area (Å²) in [4.78, 5) is 14.8. The van der Waals surface area contributed by atoms with E-state index in [0.717, 1.165) is 13.0 Å². The van der Waals surface area contributed by atoms with Gasteiger partial charge in [0.05, 0.1) is 16.1 Å². The van der Waals surface area contributed by atoms with Crippen LogP contribution in [0.4, 0.5) is 5.69 Å². The Hall–Kier alpha value is -1.80. The van der Waals surface area contributed by atoms with Gasteiger partial charge < -0.3 is 10.2 Å². The van der Waals surface area contributed by atoms with E-state index >= 15 is 0 Å². The lowest BCUT2D eigenvalue weighted by molar-refractivity contribution is 0.0767. The number of hydrogen-bond donors (Lipinski definition) is 2. The number of rotatable bonds is 4. The van der Waals surface area contributed by atoms with Gasteiger partial charge >= 0.3 is 0 Å². The lowest BCUT2D eigenvalue weighted by Crippen LogP contribution is -2.34. The molecular weight excluding hydrogens is 409 g/mol. The van der Waals surface area contributed by atoms with Crippen LogP contribution >= 0.6 is 24.0 Å². The van der Waals surface area contributed by atoms with Gasteiger partial charge in [-0.1, -0.05) is 29.8 Å². The number of amides is 1. The Labute approximate surface area is 170 Å². The van der Waals surface area contributed by atoms with Crippen molar-refractivity contribution in [1.29, 1.82) is 0 Å². The fourth-order valence-corrected chi connectivity index (χ4v) is 4.07. The van der Waals surface area contributed by atoms with Crippen LogP contribution in [0.3, 0.4) is 0 Å². The summed E-state index contributed by atoms with van der Waals surface area (Å²) >= 11 is 6.04. The number of sulfonamides is 1. The third kappa shape index (κ3) is 5.35. The SMILES string of the molecule is Cl.O=C(c1ccc(Cl)cc1NS(=O)(=O)c1ccccc1)N1CCCNCC1. The third-order valence-electron chi connectivity index (χ3n) is 4.14. The predicted octanol–water partition coefficient (Wildman–Crippen LogP) is 3.00. The van der Waals surface area contributed by atoms with E-state index < -0.39 is 10.0 Å². The zero-order valence-corrected chi connectivity index (χ0v) is 16.9. The van der Waals surface area contributed by atoms with E-state index in [1.165, 1.54) is 18.2 Å². The quantitative estimate of drug-likeness (QED) is 0.782. The Bertz CT molecular complexity index is 884. The minimum absolute atomic E-state index is 0. The molecule has 2 N–H and O–H groups in total. The summed E-state index contributed by atoms with van der Waals surface area (Å²) < 4.78 is 27.8. The molecule has 1 fully saturated rings. The molecule has 6 nitrogen and oxygen atoms in total. The standard InChI is InChI=1S/C18H20ClN3O3S.ClH/c19-14-7-8-16(18(23)22-11-4-9-20-10-12-22)17(13-14)21-26(24,25)15-5-2-1-3-6-15;/h1-3,5-8,13,20-21H,4,9-12H2;1H. The average molecular weight is 430 g/mol. The first kappa shape index (κ1) is 21.5. The maximum Gasteiger partial charge on any atom is 0.261 e. The van der Waals surface area contributed by atoms with Crippen LogP contribution in [0.1, 0.15) is 16.8 Å². The van der Waals surface area contributed by atoms with Gasteiger partial charge in [0.1, 0.15) is 0 Å². The highest BCUT2D eigenvalue weighted by molar-refractivity contribution is 7.92. The molecule has 146 valence electrons. The van der Waals surface area contributed by atoms with E-state index in [4.69, 9.17) is 11.6 Å². The molecule has 1 amide bonds. The molecule has 0 atom stereocenters. The van der Waals surface area contributed by atoms with Gasteiger partial charge in [-0.25, -0.2) is 8.42 Å². The molecular formula is C18H21Cl2N3O3S. The highest BCUT2D eigenvalue weighted by Crippen LogP contribution is 2.25. The number of nitrogens with one attached hydrogen (secondary N) is 2. The van der Waals surface area contributed by atoms with Crippen molar-refractivity contribution in [3.63, 3.8) is 0 Å². The summed E-state index contributed by atoms with van der Waals surface area (Å²) in [5.74, 6) is -0.212. The number of anilines is 1. The summed E-state index contributed by atoms with van der Waals surface area (Å²) in [5.41, 5.74) is 0.472. The van der Waals surface area contributed by atoms with Crippen LogP contribution < -0.4 is 10.0 Å². The summed E-state index contributed by atoms with van der Waals surface area (Å²) in [6.07, 6.45) is 0.852. The fraction of sp³-hybridized carbons (Fsp3) is 0.278. The maximum absolute atomic E-state index is 12.9. The van der Waals surface area contributed by atoms with E-state index in [1.807, 2.05) is 0 Å². The van der Waals surface area contributed by atoms with Gasteiger partial charge in [0.25, 0.3) is 15.9 Å². The number of hydrogen-bond acceptors (Lipinski definition) is 4. The largest absolute Gasteiger partial charge is 0.337 e. The molecule has 0 saturated carbocycles. The van der Waals surface area contributed by atoms with Crippen LogP contribution in [0.5, 0.6) is 0 Å². The minimum atomic E-state index is -3.82. The molecule has 2 aromatic carbocycles. The van der Waals surface area contributed by atoms with E-state index in [-0.39, 0.29) is 34.5 Å². The van der Waals surface area contributed by atoms with Gasteiger partial charge in [-0.05, 0) is 43.3 Å². The summed E-state index contributed by atoms with van der Waals surface area (Å²) in [5, 5.41) is 3.59. The van der Waals surface area contributed by atoms with Gasteiger partial charge in [0.2, 0.25) is 0 Å². The summed E-state index contributed by atoms with van der Waals surface area (Å²) in [6.45, 7) is 2.77. The molecule has 1 aliphatic heterocycles. The first-order valence-electron chi connectivity index (χ1n) is 8.35. The second-order valence-corrected chi connectivity index (χ2v) is 8.12.